The molecule has 2 saturated carbocycles. The third-order valence-corrected chi connectivity index (χ3v) is 9.15. The number of hydrogen-bond donors (Lipinski definition) is 2. The zero-order valence-electron chi connectivity index (χ0n) is 17.8. The summed E-state index contributed by atoms with van der Waals surface area (Å²) in [7, 11) is -3.53. The molecule has 4 nitrogen and oxygen atoms in total. The van der Waals surface area contributed by atoms with Crippen LogP contribution in [0.3, 0.4) is 0 Å². The minimum absolute atomic E-state index is 0.0553. The topological polar surface area (TPSA) is 74.6 Å². The lowest BCUT2D eigenvalue weighted by Gasteiger charge is -2.23. The van der Waals surface area contributed by atoms with Gasteiger partial charge in [0.1, 0.15) is 0 Å². The molecule has 2 N–H and O–H groups in total. The van der Waals surface area contributed by atoms with Gasteiger partial charge in [-0.05, 0) is 49.7 Å². The van der Waals surface area contributed by atoms with Gasteiger partial charge >= 0.3 is 0 Å². The van der Waals surface area contributed by atoms with Crippen LogP contribution in [0.25, 0.3) is 0 Å². The van der Waals surface area contributed by atoms with Gasteiger partial charge in [-0.3, -0.25) is 0 Å². The van der Waals surface area contributed by atoms with Gasteiger partial charge in [-0.15, -0.1) is 6.58 Å². The summed E-state index contributed by atoms with van der Waals surface area (Å²) >= 11 is 0. The van der Waals surface area contributed by atoms with Crippen molar-refractivity contribution in [1.82, 2.24) is 0 Å². The predicted octanol–water partition coefficient (Wildman–Crippen LogP) is 4.46. The van der Waals surface area contributed by atoms with E-state index in [1.54, 1.807) is 36.4 Å². The largest absolute Gasteiger partial charge is 0.392 e. The molecule has 2 unspecified atom stereocenters. The maximum atomic E-state index is 13.3. The monoisotopic (exact) mass is 430 g/mol. The van der Waals surface area contributed by atoms with Crippen molar-refractivity contribution in [3.8, 4) is 0 Å². The molecule has 0 aliphatic heterocycles. The third-order valence-electron chi connectivity index (χ3n) is 6.87. The predicted molar refractivity (Wildman–Crippen MR) is 121 cm³/mol. The maximum absolute atomic E-state index is 13.3. The maximum Gasteiger partial charge on any atom is 0.185 e. The van der Waals surface area contributed by atoms with Crippen molar-refractivity contribution in [3.63, 3.8) is 0 Å². The van der Waals surface area contributed by atoms with Gasteiger partial charge in [0.05, 0.1) is 21.9 Å². The lowest BCUT2D eigenvalue weighted by Crippen LogP contribution is -2.27. The van der Waals surface area contributed by atoms with Crippen molar-refractivity contribution in [3.05, 3.63) is 67.3 Å². The third kappa shape index (κ3) is 4.48. The van der Waals surface area contributed by atoms with Crippen molar-refractivity contribution in [2.75, 3.05) is 0 Å². The van der Waals surface area contributed by atoms with E-state index in [9.17, 15) is 18.6 Å². The summed E-state index contributed by atoms with van der Waals surface area (Å²) in [6.07, 6.45) is 9.01. The van der Waals surface area contributed by atoms with Crippen LogP contribution in [0, 0.1) is 17.8 Å². The van der Waals surface area contributed by atoms with Crippen LogP contribution in [0.5, 0.6) is 0 Å². The number of fused-ring (bicyclic) bond motifs is 1. The van der Waals surface area contributed by atoms with E-state index in [1.165, 1.54) is 0 Å². The van der Waals surface area contributed by atoms with Gasteiger partial charge in [0.2, 0.25) is 0 Å². The van der Waals surface area contributed by atoms with Crippen LogP contribution < -0.4 is 0 Å². The smallest absolute Gasteiger partial charge is 0.185 e. The molecule has 0 spiro atoms. The fraction of sp³-hybridized carbons (Fsp3) is 0.520. The second-order valence-corrected chi connectivity index (χ2v) is 11.0. The fourth-order valence-corrected chi connectivity index (χ4v) is 7.35. The molecule has 0 heterocycles. The van der Waals surface area contributed by atoms with Gasteiger partial charge in [0, 0.05) is 5.92 Å². The van der Waals surface area contributed by atoms with E-state index in [0.29, 0.717) is 30.6 Å². The number of aliphatic hydroxyl groups is 2. The molecule has 3 rings (SSSR count). The zero-order chi connectivity index (χ0) is 21.9. The van der Waals surface area contributed by atoms with Gasteiger partial charge < -0.3 is 10.2 Å². The minimum Gasteiger partial charge on any atom is -0.392 e. The highest BCUT2D eigenvalue weighted by Gasteiger charge is 2.54. The summed E-state index contributed by atoms with van der Waals surface area (Å²) in [5.41, 5.74) is -0.196. The van der Waals surface area contributed by atoms with Crippen LogP contribution >= 0.6 is 0 Å². The first-order valence-corrected chi connectivity index (χ1v) is 12.5. The van der Waals surface area contributed by atoms with Gasteiger partial charge in [0.25, 0.3) is 0 Å². The Morgan fingerprint density at radius 1 is 1.23 bits per heavy atom. The Bertz CT molecular complexity index is 889. The lowest BCUT2D eigenvalue weighted by molar-refractivity contribution is 0.0819. The quantitative estimate of drug-likeness (QED) is 0.568. The average Bonchev–Trinajstić information content (AvgIpc) is 3.20. The second-order valence-electron chi connectivity index (χ2n) is 8.89. The van der Waals surface area contributed by atoms with Crippen LogP contribution in [-0.4, -0.2) is 35.6 Å². The molecule has 6 atom stereocenters. The summed E-state index contributed by atoms with van der Waals surface area (Å²) in [5, 5.41) is 20.7. The second kappa shape index (κ2) is 9.21. The molecular weight excluding hydrogens is 396 g/mol. The standard InChI is InChI=1S/C25H34O4S/c1-4-6-14-25(27,5-2)15-10-13-20-21-16-18(3)24(22(21)17-23(20)26)30(28,29)19-11-8-7-9-12-19/h5,7-13,20-24,26-27H,2-4,6,14-17H2,1H3/b13-10+/t20-,21-,22-,23+,24?,25?/m0/s1. The molecular formula is C25H34O4S. The lowest BCUT2D eigenvalue weighted by atomic mass is 9.88. The SMILES string of the molecule is C=CC(O)(C/C=C/[C@H]1[C@@H]2CC(=C)C(S(=O)(=O)c3ccccc3)[C@H]2C[C@H]1O)CCCC. The Labute approximate surface area is 180 Å². The van der Waals surface area contributed by atoms with E-state index in [4.69, 9.17) is 0 Å². The van der Waals surface area contributed by atoms with E-state index < -0.39 is 26.8 Å². The van der Waals surface area contributed by atoms with Gasteiger partial charge in [0.15, 0.2) is 9.84 Å². The van der Waals surface area contributed by atoms with Crippen molar-refractivity contribution >= 4 is 9.84 Å². The van der Waals surface area contributed by atoms with Gasteiger partial charge in [-0.1, -0.05) is 68.3 Å². The van der Waals surface area contributed by atoms with Gasteiger partial charge in [-0.25, -0.2) is 8.42 Å². The van der Waals surface area contributed by atoms with Crippen LogP contribution in [-0.2, 0) is 9.84 Å². The highest BCUT2D eigenvalue weighted by Crippen LogP contribution is 2.53. The Hall–Kier alpha value is -1.69. The Morgan fingerprint density at radius 3 is 2.57 bits per heavy atom. The number of sulfone groups is 1. The number of benzene rings is 1. The van der Waals surface area contributed by atoms with Crippen LogP contribution in [0.2, 0.25) is 0 Å². The van der Waals surface area contributed by atoms with E-state index in [0.717, 1.165) is 18.4 Å². The summed E-state index contributed by atoms with van der Waals surface area (Å²) < 4.78 is 26.6. The van der Waals surface area contributed by atoms with E-state index in [2.05, 4.69) is 20.1 Å². The first kappa shape index (κ1) is 23.0. The molecule has 0 bridgehead atoms. The molecule has 2 fully saturated rings. The number of aliphatic hydroxyl groups excluding tert-OH is 1. The average molecular weight is 431 g/mol. The normalized spacial score (nSPS) is 31.0. The molecule has 30 heavy (non-hydrogen) atoms. The minimum atomic E-state index is -3.53. The molecule has 0 radical (unpaired) electrons. The molecule has 1 aromatic rings. The molecule has 0 aromatic heterocycles. The van der Waals surface area contributed by atoms with E-state index >= 15 is 0 Å². The fourth-order valence-electron chi connectivity index (χ4n) is 5.22. The molecule has 2 aliphatic rings. The van der Waals surface area contributed by atoms with Crippen molar-refractivity contribution < 1.29 is 18.6 Å². The molecule has 2 aliphatic carbocycles. The highest BCUT2D eigenvalue weighted by atomic mass is 32.2. The number of hydrogen-bond acceptors (Lipinski definition) is 4. The van der Waals surface area contributed by atoms with Crippen LogP contribution in [0.4, 0.5) is 0 Å². The number of unbranched alkanes of at least 4 members (excludes halogenated alkanes) is 1. The van der Waals surface area contributed by atoms with Crippen molar-refractivity contribution in [2.45, 2.75) is 67.3 Å². The summed E-state index contributed by atoms with van der Waals surface area (Å²) in [6.45, 7) is 9.95. The highest BCUT2D eigenvalue weighted by molar-refractivity contribution is 7.92. The van der Waals surface area contributed by atoms with E-state index in [1.807, 2.05) is 12.2 Å². The zero-order valence-corrected chi connectivity index (χ0v) is 18.6. The van der Waals surface area contributed by atoms with Crippen molar-refractivity contribution in [1.29, 1.82) is 0 Å². The Morgan fingerprint density at radius 2 is 1.93 bits per heavy atom. The van der Waals surface area contributed by atoms with Crippen molar-refractivity contribution in [2.24, 2.45) is 17.8 Å². The first-order valence-electron chi connectivity index (χ1n) is 10.9. The summed E-state index contributed by atoms with van der Waals surface area (Å²) in [5.74, 6) is -0.201. The number of rotatable bonds is 9. The van der Waals surface area contributed by atoms with E-state index in [-0.39, 0.29) is 17.8 Å². The summed E-state index contributed by atoms with van der Waals surface area (Å²) in [4.78, 5) is 0.317. The molecule has 5 heteroatoms. The van der Waals surface area contributed by atoms with Crippen LogP contribution in [0.15, 0.2) is 72.2 Å². The molecule has 0 amide bonds. The Kier molecular flexibility index (Phi) is 7.05. The van der Waals surface area contributed by atoms with Gasteiger partial charge in [-0.2, -0.15) is 0 Å². The first-order chi connectivity index (χ1) is 14.2. The molecule has 0 saturated heterocycles. The van der Waals surface area contributed by atoms with Crippen LogP contribution in [0.1, 0.15) is 45.4 Å². The molecule has 1 aromatic carbocycles. The summed E-state index contributed by atoms with van der Waals surface area (Å²) in [6, 6.07) is 8.53. The Balaban J connectivity index is 1.76. The molecule has 164 valence electrons.